The van der Waals surface area contributed by atoms with Gasteiger partial charge in [-0.1, -0.05) is 29.9 Å². The Labute approximate surface area is 154 Å². The number of hydrogen-bond acceptors (Lipinski definition) is 3. The van der Waals surface area contributed by atoms with Crippen molar-refractivity contribution in [3.63, 3.8) is 0 Å². The van der Waals surface area contributed by atoms with Crippen molar-refractivity contribution in [3.05, 3.63) is 64.8 Å². The number of carbonyl (C=O) groups excluding carboxylic acids is 2. The lowest BCUT2D eigenvalue weighted by Crippen LogP contribution is -2.46. The van der Waals surface area contributed by atoms with Gasteiger partial charge in [0.1, 0.15) is 5.75 Å². The molecule has 3 aliphatic rings. The second-order valence-corrected chi connectivity index (χ2v) is 7.84. The molecule has 0 unspecified atom stereocenters. The molecule has 3 nitrogen and oxygen atoms in total. The third-order valence-corrected chi connectivity index (χ3v) is 6.50. The molecule has 0 bridgehead atoms. The highest BCUT2D eigenvalue weighted by Gasteiger charge is 2.52. The number of hydrogen-bond donors (Lipinski definition) is 0. The average molecular weight is 348 g/mol. The molecule has 0 aliphatic heterocycles. The van der Waals surface area contributed by atoms with E-state index in [9.17, 15) is 9.59 Å². The van der Waals surface area contributed by atoms with Gasteiger partial charge in [0, 0.05) is 5.57 Å². The zero-order chi connectivity index (χ0) is 18.5. The maximum atomic E-state index is 13.1. The van der Waals surface area contributed by atoms with Crippen LogP contribution in [-0.4, -0.2) is 18.7 Å². The van der Waals surface area contributed by atoms with Crippen LogP contribution in [0, 0.1) is 11.3 Å². The molecule has 1 aromatic rings. The lowest BCUT2D eigenvalue weighted by atomic mass is 9.54. The van der Waals surface area contributed by atoms with Crippen LogP contribution in [0.25, 0.3) is 0 Å². The van der Waals surface area contributed by atoms with Crippen LogP contribution < -0.4 is 4.74 Å². The molecule has 0 radical (unpaired) electrons. The minimum Gasteiger partial charge on any atom is -0.497 e. The van der Waals surface area contributed by atoms with Crippen LogP contribution in [0.1, 0.15) is 44.6 Å². The first-order valence-electron chi connectivity index (χ1n) is 9.27. The Morgan fingerprint density at radius 2 is 1.85 bits per heavy atom. The van der Waals surface area contributed by atoms with Gasteiger partial charge in [0.15, 0.2) is 11.6 Å². The van der Waals surface area contributed by atoms with E-state index in [0.717, 1.165) is 25.0 Å². The normalized spacial score (nSPS) is 30.7. The van der Waals surface area contributed by atoms with E-state index in [4.69, 9.17) is 4.74 Å². The molecule has 3 atom stereocenters. The van der Waals surface area contributed by atoms with Gasteiger partial charge in [-0.3, -0.25) is 9.59 Å². The summed E-state index contributed by atoms with van der Waals surface area (Å²) in [4.78, 5) is 25.6. The summed E-state index contributed by atoms with van der Waals surface area (Å²) in [7, 11) is 1.67. The second-order valence-electron chi connectivity index (χ2n) is 7.84. The molecule has 3 heteroatoms. The lowest BCUT2D eigenvalue weighted by molar-refractivity contribution is -0.128. The van der Waals surface area contributed by atoms with Gasteiger partial charge in [-0.15, -0.1) is 0 Å². The van der Waals surface area contributed by atoms with Crippen LogP contribution in [-0.2, 0) is 9.59 Å². The fraction of sp³-hybridized carbons (Fsp3) is 0.391. The first kappa shape index (κ1) is 17.0. The Hall–Kier alpha value is -2.42. The molecule has 0 heterocycles. The second kappa shape index (κ2) is 6.08. The van der Waals surface area contributed by atoms with E-state index >= 15 is 0 Å². The van der Waals surface area contributed by atoms with E-state index in [1.54, 1.807) is 14.0 Å². The number of benzene rings is 1. The van der Waals surface area contributed by atoms with Crippen LogP contribution in [0.5, 0.6) is 5.75 Å². The fourth-order valence-electron chi connectivity index (χ4n) is 4.97. The molecule has 3 aliphatic carbocycles. The van der Waals surface area contributed by atoms with E-state index in [1.165, 1.54) is 17.2 Å². The predicted molar refractivity (Wildman–Crippen MR) is 101 cm³/mol. The van der Waals surface area contributed by atoms with Crippen molar-refractivity contribution in [2.75, 3.05) is 7.11 Å². The number of rotatable bonds is 2. The summed E-state index contributed by atoms with van der Waals surface area (Å²) < 4.78 is 5.26. The summed E-state index contributed by atoms with van der Waals surface area (Å²) >= 11 is 0. The van der Waals surface area contributed by atoms with Crippen LogP contribution in [0.2, 0.25) is 0 Å². The molecule has 0 saturated heterocycles. The van der Waals surface area contributed by atoms with Gasteiger partial charge in [0.25, 0.3) is 0 Å². The Morgan fingerprint density at radius 3 is 2.54 bits per heavy atom. The van der Waals surface area contributed by atoms with Crippen LogP contribution >= 0.6 is 0 Å². The Bertz CT molecular complexity index is 869. The van der Waals surface area contributed by atoms with Gasteiger partial charge in [0.2, 0.25) is 0 Å². The maximum absolute atomic E-state index is 13.1. The van der Waals surface area contributed by atoms with E-state index in [1.807, 2.05) is 25.1 Å². The van der Waals surface area contributed by atoms with Crippen molar-refractivity contribution in [1.82, 2.24) is 0 Å². The van der Waals surface area contributed by atoms with Gasteiger partial charge in [0.05, 0.1) is 12.5 Å². The van der Waals surface area contributed by atoms with Gasteiger partial charge < -0.3 is 4.74 Å². The molecule has 26 heavy (non-hydrogen) atoms. The van der Waals surface area contributed by atoms with Crippen LogP contribution in [0.3, 0.4) is 0 Å². The minimum absolute atomic E-state index is 0.00790. The number of Topliss-reactive ketones (excluding diaryl/α,β-unsaturated/α-hetero) is 1. The van der Waals surface area contributed by atoms with E-state index in [2.05, 4.69) is 18.2 Å². The summed E-state index contributed by atoms with van der Waals surface area (Å²) in [6.45, 7) is 3.74. The Balaban J connectivity index is 1.70. The molecular weight excluding hydrogens is 324 g/mol. The monoisotopic (exact) mass is 348 g/mol. The van der Waals surface area contributed by atoms with E-state index in [-0.39, 0.29) is 17.5 Å². The van der Waals surface area contributed by atoms with Gasteiger partial charge in [-0.05, 0) is 74.3 Å². The van der Waals surface area contributed by atoms with Gasteiger partial charge in [-0.25, -0.2) is 0 Å². The standard InChI is InChI=1S/C23H24O3/c1-14-12-21(24)19-11-8-16-4-5-17(13-20(16)23(19,2)22(14)25)15-6-9-18(26-3)10-7-15/h6-12,17,20H,4-5,13H2,1-3H3/t17-,20-,23+/m0/s1. The molecule has 1 aromatic carbocycles. The number of allylic oxidation sites excluding steroid dienone is 6. The van der Waals surface area contributed by atoms with Crippen molar-refractivity contribution in [3.8, 4) is 5.75 Å². The number of ketones is 2. The maximum Gasteiger partial charge on any atom is 0.183 e. The highest BCUT2D eigenvalue weighted by Crippen LogP contribution is 2.54. The number of carbonyl (C=O) groups is 2. The van der Waals surface area contributed by atoms with E-state index in [0.29, 0.717) is 17.1 Å². The van der Waals surface area contributed by atoms with Crippen molar-refractivity contribution in [2.24, 2.45) is 11.3 Å². The summed E-state index contributed by atoms with van der Waals surface area (Å²) in [6, 6.07) is 8.24. The van der Waals surface area contributed by atoms with Crippen LogP contribution in [0.15, 0.2) is 59.2 Å². The summed E-state index contributed by atoms with van der Waals surface area (Å²) in [6.07, 6.45) is 8.43. The molecule has 1 saturated carbocycles. The van der Waals surface area contributed by atoms with Crippen molar-refractivity contribution >= 4 is 11.6 Å². The lowest BCUT2D eigenvalue weighted by Gasteiger charge is -2.47. The third kappa shape index (κ3) is 2.41. The first-order valence-corrected chi connectivity index (χ1v) is 9.27. The highest BCUT2D eigenvalue weighted by molar-refractivity contribution is 6.20. The first-order chi connectivity index (χ1) is 12.4. The average Bonchev–Trinajstić information content (AvgIpc) is 2.66. The SMILES string of the molecule is COc1ccc([C@H]2CCC3=CC=C4C(=O)C=C(C)C(=O)[C@@]4(C)[C@H]3C2)cc1. The topological polar surface area (TPSA) is 43.4 Å². The van der Waals surface area contributed by atoms with Gasteiger partial charge >= 0.3 is 0 Å². The van der Waals surface area contributed by atoms with E-state index < -0.39 is 5.41 Å². The minimum atomic E-state index is -0.717. The summed E-state index contributed by atoms with van der Waals surface area (Å²) in [5, 5.41) is 0. The molecule has 0 aromatic heterocycles. The zero-order valence-electron chi connectivity index (χ0n) is 15.5. The quantitative estimate of drug-likeness (QED) is 0.787. The molecular formula is C23H24O3. The largest absolute Gasteiger partial charge is 0.497 e. The smallest absolute Gasteiger partial charge is 0.183 e. The van der Waals surface area contributed by atoms with Crippen molar-refractivity contribution in [2.45, 2.75) is 39.0 Å². The zero-order valence-corrected chi connectivity index (χ0v) is 15.5. The fourth-order valence-corrected chi connectivity index (χ4v) is 4.97. The summed E-state index contributed by atoms with van der Waals surface area (Å²) in [5.74, 6) is 1.45. The number of ether oxygens (including phenoxy) is 1. The molecule has 1 fully saturated rings. The number of fused-ring (bicyclic) bond motifs is 3. The molecule has 0 spiro atoms. The number of methoxy groups -OCH3 is 1. The van der Waals surface area contributed by atoms with Crippen LogP contribution in [0.4, 0.5) is 0 Å². The molecule has 0 amide bonds. The summed E-state index contributed by atoms with van der Waals surface area (Å²) in [5.41, 5.74) is 3.13. The van der Waals surface area contributed by atoms with Crippen molar-refractivity contribution in [1.29, 1.82) is 0 Å². The Kier molecular flexibility index (Phi) is 3.98. The van der Waals surface area contributed by atoms with Crippen molar-refractivity contribution < 1.29 is 14.3 Å². The Morgan fingerprint density at radius 1 is 1.12 bits per heavy atom. The molecule has 4 rings (SSSR count). The molecule has 0 N–H and O–H groups in total. The highest BCUT2D eigenvalue weighted by atomic mass is 16.5. The predicted octanol–water partition coefficient (Wildman–Crippen LogP) is 4.55. The third-order valence-electron chi connectivity index (χ3n) is 6.50. The molecule has 134 valence electrons. The van der Waals surface area contributed by atoms with Gasteiger partial charge in [-0.2, -0.15) is 0 Å².